The molecule has 0 aliphatic rings. The lowest BCUT2D eigenvalue weighted by Crippen LogP contribution is -2.20. The van der Waals surface area contributed by atoms with Crippen molar-refractivity contribution in [2.45, 2.75) is 13.0 Å². The average Bonchev–Trinajstić information content (AvgIpc) is 2.91. The molecule has 0 atom stereocenters. The molecule has 3 nitrogen and oxygen atoms in total. The molecule has 0 bridgehead atoms. The van der Waals surface area contributed by atoms with E-state index in [4.69, 9.17) is 5.73 Å². The van der Waals surface area contributed by atoms with Crippen molar-refractivity contribution in [3.63, 3.8) is 0 Å². The molecule has 4 heteroatoms. The fourth-order valence-corrected chi connectivity index (χ4v) is 2.79. The second kappa shape index (κ2) is 7.81. The second-order valence-corrected chi connectivity index (χ2v) is 5.65. The van der Waals surface area contributed by atoms with Crippen molar-refractivity contribution in [1.82, 2.24) is 9.88 Å². The van der Waals surface area contributed by atoms with E-state index in [9.17, 15) is 0 Å². The van der Waals surface area contributed by atoms with E-state index in [0.717, 1.165) is 25.1 Å². The van der Waals surface area contributed by atoms with Gasteiger partial charge >= 0.3 is 0 Å². The summed E-state index contributed by atoms with van der Waals surface area (Å²) in [6.07, 6.45) is 4.73. The highest BCUT2D eigenvalue weighted by atomic mass is 32.1. The number of aromatic nitrogens is 1. The van der Waals surface area contributed by atoms with Gasteiger partial charge in [0.1, 0.15) is 0 Å². The van der Waals surface area contributed by atoms with Crippen LogP contribution in [0.15, 0.2) is 36.0 Å². The number of nitrogens with zero attached hydrogens (tertiary/aromatic N) is 2. The van der Waals surface area contributed by atoms with E-state index in [2.05, 4.69) is 52.4 Å². The molecule has 104 valence electrons. The minimum Gasteiger partial charge on any atom is -0.320 e. The lowest BCUT2D eigenvalue weighted by atomic mass is 10.2. The van der Waals surface area contributed by atoms with Crippen LogP contribution in [0.3, 0.4) is 0 Å². The second-order valence-electron chi connectivity index (χ2n) is 4.65. The number of thiophene rings is 1. The van der Waals surface area contributed by atoms with Crippen LogP contribution in [0, 0.1) is 11.8 Å². The van der Waals surface area contributed by atoms with E-state index >= 15 is 0 Å². The topological polar surface area (TPSA) is 42.2 Å². The zero-order valence-corrected chi connectivity index (χ0v) is 12.5. The Morgan fingerprint density at radius 2 is 2.15 bits per heavy atom. The number of rotatable bonds is 5. The summed E-state index contributed by atoms with van der Waals surface area (Å²) in [4.78, 5) is 7.70. The van der Waals surface area contributed by atoms with Crippen molar-refractivity contribution in [2.75, 3.05) is 20.1 Å². The molecule has 0 amide bonds. The first-order chi connectivity index (χ1) is 9.78. The van der Waals surface area contributed by atoms with Crippen molar-refractivity contribution in [2.24, 2.45) is 5.73 Å². The summed E-state index contributed by atoms with van der Waals surface area (Å²) in [7, 11) is 2.14. The van der Waals surface area contributed by atoms with E-state index in [1.165, 1.54) is 10.4 Å². The first-order valence-electron chi connectivity index (χ1n) is 6.61. The van der Waals surface area contributed by atoms with Crippen molar-refractivity contribution in [3.8, 4) is 11.8 Å². The van der Waals surface area contributed by atoms with Gasteiger partial charge in [-0.05, 0) is 37.2 Å². The van der Waals surface area contributed by atoms with Crippen LogP contribution in [-0.4, -0.2) is 30.0 Å². The maximum Gasteiger partial charge on any atom is 0.0555 e. The van der Waals surface area contributed by atoms with Gasteiger partial charge in [-0.2, -0.15) is 0 Å². The molecule has 0 radical (unpaired) electrons. The number of nitrogens with two attached hydrogens (primary N) is 1. The van der Waals surface area contributed by atoms with Crippen LogP contribution >= 0.6 is 11.3 Å². The molecule has 2 heterocycles. The number of hydrogen-bond donors (Lipinski definition) is 1. The smallest absolute Gasteiger partial charge is 0.0555 e. The Labute approximate surface area is 124 Å². The van der Waals surface area contributed by atoms with Gasteiger partial charge in [-0.1, -0.05) is 11.8 Å². The third kappa shape index (κ3) is 4.78. The normalized spacial score (nSPS) is 10.3. The molecule has 0 aromatic carbocycles. The van der Waals surface area contributed by atoms with E-state index in [1.807, 2.05) is 12.4 Å². The van der Waals surface area contributed by atoms with Gasteiger partial charge in [0.05, 0.1) is 6.54 Å². The molecule has 0 unspecified atom stereocenters. The highest BCUT2D eigenvalue weighted by Crippen LogP contribution is 2.15. The molecule has 0 aliphatic carbocycles. The first kappa shape index (κ1) is 14.7. The Bertz CT molecular complexity index is 581. The summed E-state index contributed by atoms with van der Waals surface area (Å²) in [5.74, 6) is 5.95. The van der Waals surface area contributed by atoms with Gasteiger partial charge in [-0.3, -0.25) is 4.98 Å². The monoisotopic (exact) mass is 285 g/mol. The maximum atomic E-state index is 5.38. The highest BCUT2D eigenvalue weighted by Gasteiger charge is 2.03. The van der Waals surface area contributed by atoms with Crippen molar-refractivity contribution < 1.29 is 0 Å². The molecule has 0 fully saturated rings. The first-order valence-corrected chi connectivity index (χ1v) is 7.49. The van der Waals surface area contributed by atoms with E-state index in [0.29, 0.717) is 6.54 Å². The average molecular weight is 285 g/mol. The van der Waals surface area contributed by atoms with Crippen LogP contribution in [0.1, 0.15) is 16.0 Å². The fourth-order valence-electron chi connectivity index (χ4n) is 1.90. The van der Waals surface area contributed by atoms with Crippen molar-refractivity contribution in [1.29, 1.82) is 0 Å². The Morgan fingerprint density at radius 1 is 1.35 bits per heavy atom. The van der Waals surface area contributed by atoms with Gasteiger partial charge in [-0.25, -0.2) is 0 Å². The summed E-state index contributed by atoms with van der Waals surface area (Å²) in [6, 6.07) is 6.29. The van der Waals surface area contributed by atoms with Crippen molar-refractivity contribution in [3.05, 3.63) is 52.0 Å². The SMILES string of the molecule is CN(CCc1ccncc1)Cc1cc(C#CCN)cs1. The minimum atomic E-state index is 0.414. The molecular weight excluding hydrogens is 266 g/mol. The predicted molar refractivity (Wildman–Crippen MR) is 84.5 cm³/mol. The Balaban J connectivity index is 1.82. The molecule has 2 rings (SSSR count). The predicted octanol–water partition coefficient (Wildman–Crippen LogP) is 2.13. The van der Waals surface area contributed by atoms with Gasteiger partial charge in [0, 0.05) is 41.3 Å². The van der Waals surface area contributed by atoms with Crippen LogP contribution < -0.4 is 5.73 Å². The van der Waals surface area contributed by atoms with E-state index in [1.54, 1.807) is 11.3 Å². The third-order valence-corrected chi connectivity index (χ3v) is 3.87. The van der Waals surface area contributed by atoms with Crippen LogP contribution in [0.25, 0.3) is 0 Å². The zero-order valence-electron chi connectivity index (χ0n) is 11.7. The largest absolute Gasteiger partial charge is 0.320 e. The van der Waals surface area contributed by atoms with Gasteiger partial charge < -0.3 is 10.6 Å². The lowest BCUT2D eigenvalue weighted by molar-refractivity contribution is 0.334. The van der Waals surface area contributed by atoms with Crippen LogP contribution in [0.2, 0.25) is 0 Å². The van der Waals surface area contributed by atoms with E-state index in [-0.39, 0.29) is 0 Å². The molecule has 0 aliphatic heterocycles. The van der Waals surface area contributed by atoms with Gasteiger partial charge in [0.25, 0.3) is 0 Å². The summed E-state index contributed by atoms with van der Waals surface area (Å²) >= 11 is 1.75. The van der Waals surface area contributed by atoms with Crippen LogP contribution in [0.5, 0.6) is 0 Å². The quantitative estimate of drug-likeness (QED) is 0.856. The number of likely N-dealkylation sites (N-methyl/N-ethyl adjacent to an activating group) is 1. The lowest BCUT2D eigenvalue weighted by Gasteiger charge is -2.15. The summed E-state index contributed by atoms with van der Waals surface area (Å²) in [6.45, 7) is 2.41. The summed E-state index contributed by atoms with van der Waals surface area (Å²) in [5, 5.41) is 2.09. The van der Waals surface area contributed by atoms with Gasteiger partial charge in [0.15, 0.2) is 0 Å². The molecule has 2 aromatic rings. The Morgan fingerprint density at radius 3 is 2.90 bits per heavy atom. The van der Waals surface area contributed by atoms with Gasteiger partial charge in [0.2, 0.25) is 0 Å². The standard InChI is InChI=1S/C16H19N3S/c1-19(10-6-14-4-8-18-9-5-14)12-16-11-15(13-20-16)3-2-7-17/h4-5,8-9,11,13H,6-7,10,12,17H2,1H3. The molecule has 20 heavy (non-hydrogen) atoms. The number of pyridine rings is 1. The highest BCUT2D eigenvalue weighted by molar-refractivity contribution is 7.10. The van der Waals surface area contributed by atoms with Crippen LogP contribution in [0.4, 0.5) is 0 Å². The maximum absolute atomic E-state index is 5.38. The molecular formula is C16H19N3S. The molecule has 2 N–H and O–H groups in total. The molecule has 2 aromatic heterocycles. The van der Waals surface area contributed by atoms with Crippen LogP contribution in [-0.2, 0) is 13.0 Å². The molecule has 0 saturated carbocycles. The fraction of sp³-hybridized carbons (Fsp3) is 0.312. The Hall–Kier alpha value is -1.67. The molecule has 0 saturated heterocycles. The van der Waals surface area contributed by atoms with E-state index < -0.39 is 0 Å². The number of hydrogen-bond acceptors (Lipinski definition) is 4. The van der Waals surface area contributed by atoms with Crippen molar-refractivity contribution >= 4 is 11.3 Å². The molecule has 0 spiro atoms. The minimum absolute atomic E-state index is 0.414. The zero-order chi connectivity index (χ0) is 14.2. The summed E-state index contributed by atoms with van der Waals surface area (Å²) < 4.78 is 0. The third-order valence-electron chi connectivity index (χ3n) is 2.95. The Kier molecular flexibility index (Phi) is 5.75. The van der Waals surface area contributed by atoms with Gasteiger partial charge in [-0.15, -0.1) is 11.3 Å². The summed E-state index contributed by atoms with van der Waals surface area (Å²) in [5.41, 5.74) is 7.77.